The minimum Gasteiger partial charge on any atom is -0.495 e. The molecule has 1 saturated heterocycles. The Morgan fingerprint density at radius 2 is 1.67 bits per heavy atom. The molecule has 3 aromatic carbocycles. The Balaban J connectivity index is 1.46. The van der Waals surface area contributed by atoms with Crippen molar-refractivity contribution in [3.8, 4) is 11.5 Å². The number of thiol groups is 1. The number of ether oxygens (including phenoxy) is 2. The third kappa shape index (κ3) is 7.08. The number of carbonyl (C=O) groups is 1. The van der Waals surface area contributed by atoms with Crippen LogP contribution >= 0.6 is 11.4 Å². The van der Waals surface area contributed by atoms with E-state index < -0.39 is 0 Å². The van der Waals surface area contributed by atoms with Gasteiger partial charge < -0.3 is 24.8 Å². The molecule has 1 aliphatic heterocycles. The number of nitrogens with zero attached hydrogens (tertiary/aromatic N) is 2. The van der Waals surface area contributed by atoms with Crippen LogP contribution in [-0.2, 0) is 11.3 Å². The van der Waals surface area contributed by atoms with Gasteiger partial charge in [-0.05, 0) is 83.3 Å². The fraction of sp³-hybridized carbons (Fsp3) is 0.294. The monoisotopic (exact) mass is 603 g/mol. The van der Waals surface area contributed by atoms with Crippen LogP contribution in [0.3, 0.4) is 0 Å². The van der Waals surface area contributed by atoms with Gasteiger partial charge in [0.2, 0.25) is 5.91 Å². The molecule has 0 saturated carbocycles. The summed E-state index contributed by atoms with van der Waals surface area (Å²) in [6.07, 6.45) is 2.15. The second-order valence-electron chi connectivity index (χ2n) is 10.8. The summed E-state index contributed by atoms with van der Waals surface area (Å²) in [5, 5.41) is 14.2. The lowest BCUT2D eigenvalue weighted by Gasteiger charge is -2.31. The molecule has 0 unspecified atom stereocenters. The molecule has 1 aliphatic carbocycles. The first-order valence-corrected chi connectivity index (χ1v) is 15.2. The fourth-order valence-electron chi connectivity index (χ4n) is 5.45. The van der Waals surface area contributed by atoms with Gasteiger partial charge in [-0.3, -0.25) is 4.79 Å². The van der Waals surface area contributed by atoms with E-state index in [2.05, 4.69) is 17.3 Å². The van der Waals surface area contributed by atoms with Crippen LogP contribution in [0.5, 0.6) is 11.5 Å². The number of allylic oxidation sites excluding steroid dienone is 2. The van der Waals surface area contributed by atoms with Crippen molar-refractivity contribution in [2.24, 2.45) is 0 Å². The topological polar surface area (TPSA) is 74.3 Å². The van der Waals surface area contributed by atoms with Crippen molar-refractivity contribution in [1.82, 2.24) is 15.1 Å². The summed E-state index contributed by atoms with van der Waals surface area (Å²) >= 11 is 0.598. The average molecular weight is 604 g/mol. The number of carbonyl (C=O) groups excluding carboxylic acids is 1. The molecule has 226 valence electrons. The molecule has 3 aromatic rings. The molecule has 2 N–H and O–H groups in total. The van der Waals surface area contributed by atoms with Gasteiger partial charge in [0.1, 0.15) is 22.5 Å². The number of piperazine rings is 1. The first-order valence-electron chi connectivity index (χ1n) is 14.3. The molecule has 2 aliphatic rings. The molecule has 1 fully saturated rings. The first kappa shape index (κ1) is 30.7. The van der Waals surface area contributed by atoms with Crippen LogP contribution in [0.25, 0.3) is 17.2 Å². The summed E-state index contributed by atoms with van der Waals surface area (Å²) in [4.78, 5) is 17.9. The van der Waals surface area contributed by atoms with E-state index in [-0.39, 0.29) is 23.3 Å². The van der Waals surface area contributed by atoms with Crippen LogP contribution in [-0.4, -0.2) is 73.4 Å². The number of likely N-dealkylation sites (N-methyl/N-ethyl adjacent to an activating group) is 1. The number of fused-ring (bicyclic) bond motifs is 1. The van der Waals surface area contributed by atoms with E-state index in [0.29, 0.717) is 29.4 Å². The zero-order valence-corrected chi connectivity index (χ0v) is 25.9. The molecule has 1 heterocycles. The molecule has 7 nitrogen and oxygen atoms in total. The standard InChI is InChI=1S/C34H38FN3O4S/c1-22-27(26-11-10-25(35)19-29(26)28(22)20-32(39)36-21-23-8-6-5-7-9-23)16-24-17-30(41-3)33(31(18-24)42-4)43-34(40)38-14-12-37(2)13-15-38/h5-11,16-19,40,43H,12-15,20-21H2,1-4H3,(H,36,39)/b27-16-. The number of amides is 1. The predicted molar refractivity (Wildman–Crippen MR) is 173 cm³/mol. The molecule has 9 heteroatoms. The Labute approximate surface area is 256 Å². The molecule has 43 heavy (non-hydrogen) atoms. The molecular weight excluding hydrogens is 565 g/mol. The second-order valence-corrected chi connectivity index (χ2v) is 11.8. The maximum atomic E-state index is 14.4. The molecule has 0 spiro atoms. The third-order valence-corrected chi connectivity index (χ3v) is 9.08. The van der Waals surface area contributed by atoms with E-state index in [4.69, 9.17) is 9.47 Å². The number of methoxy groups -OCH3 is 2. The molecular formula is C34H38FN3O4S. The number of hydrogen-bond acceptors (Lipinski definition) is 4. The number of nitrogens with one attached hydrogen (secondary N) is 1. The van der Waals surface area contributed by atoms with Crippen LogP contribution in [0, 0.1) is 5.82 Å². The largest absolute Gasteiger partial charge is 0.495 e. The fourth-order valence-corrected chi connectivity index (χ4v) is 6.53. The highest BCUT2D eigenvalue weighted by molar-refractivity contribution is 7.98. The zero-order chi connectivity index (χ0) is 30.5. The van der Waals surface area contributed by atoms with E-state index in [1.54, 1.807) is 20.3 Å². The summed E-state index contributed by atoms with van der Waals surface area (Å²) in [6, 6.07) is 18.3. The highest BCUT2D eigenvalue weighted by Crippen LogP contribution is 2.45. The van der Waals surface area contributed by atoms with Gasteiger partial charge in [0.25, 0.3) is 0 Å². The molecule has 0 bridgehead atoms. The van der Waals surface area contributed by atoms with Crippen molar-refractivity contribution in [3.63, 3.8) is 0 Å². The van der Waals surface area contributed by atoms with Crippen LogP contribution in [0.4, 0.5) is 4.39 Å². The number of aliphatic hydroxyl groups is 1. The smallest absolute Gasteiger partial charge is 0.224 e. The highest BCUT2D eigenvalue weighted by atomic mass is 32.1. The number of benzene rings is 3. The normalized spacial score (nSPS) is 17.1. The Morgan fingerprint density at radius 1 is 1.00 bits per heavy atom. The lowest BCUT2D eigenvalue weighted by atomic mass is 10.0. The van der Waals surface area contributed by atoms with Gasteiger partial charge >= 0.3 is 0 Å². The van der Waals surface area contributed by atoms with E-state index in [1.807, 2.05) is 60.4 Å². The summed E-state index contributed by atoms with van der Waals surface area (Å²) in [7, 11) is 5.27. The molecule has 0 atom stereocenters. The van der Waals surface area contributed by atoms with Gasteiger partial charge in [-0.25, -0.2) is 9.29 Å². The van der Waals surface area contributed by atoms with Gasteiger partial charge in [0.15, 0.2) is 0 Å². The van der Waals surface area contributed by atoms with Gasteiger partial charge in [0.05, 0.1) is 25.5 Å². The van der Waals surface area contributed by atoms with E-state index in [9.17, 15) is 14.3 Å². The van der Waals surface area contributed by atoms with Crippen molar-refractivity contribution in [1.29, 1.82) is 0 Å². The number of aliphatic hydroxyl groups excluding tert-OH is 1. The third-order valence-electron chi connectivity index (χ3n) is 7.93. The maximum Gasteiger partial charge on any atom is 0.224 e. The van der Waals surface area contributed by atoms with Crippen molar-refractivity contribution >= 4 is 39.7 Å². The van der Waals surface area contributed by atoms with Crippen LogP contribution in [0.2, 0.25) is 0 Å². The van der Waals surface area contributed by atoms with Gasteiger partial charge in [-0.2, -0.15) is 0 Å². The van der Waals surface area contributed by atoms with Gasteiger partial charge in [0, 0.05) is 32.7 Å². The van der Waals surface area contributed by atoms with Crippen LogP contribution < -0.4 is 14.8 Å². The number of halogens is 1. The number of rotatable bonds is 8. The summed E-state index contributed by atoms with van der Waals surface area (Å²) in [5.74, 6) is 0.705. The van der Waals surface area contributed by atoms with Crippen molar-refractivity contribution in [3.05, 3.63) is 94.3 Å². The van der Waals surface area contributed by atoms with Gasteiger partial charge in [-0.15, -0.1) is 11.4 Å². The molecule has 1 amide bonds. The van der Waals surface area contributed by atoms with E-state index in [1.165, 1.54) is 12.1 Å². The number of hydrogen-bond donors (Lipinski definition) is 3. The Bertz CT molecular complexity index is 1570. The minimum absolute atomic E-state index is 0.127. The minimum atomic E-state index is -0.349. The molecule has 5 rings (SSSR count). The van der Waals surface area contributed by atoms with Crippen molar-refractivity contribution < 1.29 is 23.8 Å². The van der Waals surface area contributed by atoms with Crippen molar-refractivity contribution in [2.75, 3.05) is 47.4 Å². The maximum absolute atomic E-state index is 14.4. The summed E-state index contributed by atoms with van der Waals surface area (Å²) in [6.45, 7) is 5.67. The van der Waals surface area contributed by atoms with Gasteiger partial charge in [-0.1, -0.05) is 36.4 Å². The van der Waals surface area contributed by atoms with E-state index >= 15 is 0 Å². The van der Waals surface area contributed by atoms with E-state index in [0.717, 1.165) is 70.0 Å². The molecule has 0 aromatic heterocycles. The van der Waals surface area contributed by atoms with Crippen LogP contribution in [0.15, 0.2) is 71.1 Å². The summed E-state index contributed by atoms with van der Waals surface area (Å²) < 4.78 is 25.9. The highest BCUT2D eigenvalue weighted by Gasteiger charge is 2.26. The lowest BCUT2D eigenvalue weighted by molar-refractivity contribution is -0.120. The SMILES string of the molecule is COc1cc(/C=C2/C(C)=C(CC(=O)NCc3ccccc3)c3cc(F)ccc32)cc(OC)c1/[SH]=C(\O)N1CCN(C)CC1. The van der Waals surface area contributed by atoms with Crippen LogP contribution in [0.1, 0.15) is 35.6 Å². The second kappa shape index (κ2) is 13.7. The molecule has 0 radical (unpaired) electrons. The Hall–Kier alpha value is -3.76. The lowest BCUT2D eigenvalue weighted by Crippen LogP contribution is -2.46. The zero-order valence-electron chi connectivity index (χ0n) is 25.0. The Kier molecular flexibility index (Phi) is 9.77. The Morgan fingerprint density at radius 3 is 2.33 bits per heavy atom. The average Bonchev–Trinajstić information content (AvgIpc) is 3.26. The quantitative estimate of drug-likeness (QED) is 0.230. The summed E-state index contributed by atoms with van der Waals surface area (Å²) in [5.41, 5.74) is 6.04. The predicted octanol–water partition coefficient (Wildman–Crippen LogP) is 5.59. The van der Waals surface area contributed by atoms with Crippen molar-refractivity contribution in [2.45, 2.75) is 24.8 Å². The first-order chi connectivity index (χ1) is 20.8.